The van der Waals surface area contributed by atoms with Crippen molar-refractivity contribution in [3.8, 4) is 0 Å². The van der Waals surface area contributed by atoms with E-state index < -0.39 is 0 Å². The largest absolute Gasteiger partial charge is 0.379 e. The predicted molar refractivity (Wildman–Crippen MR) is 63.3 cm³/mol. The van der Waals surface area contributed by atoms with Crippen LogP contribution in [0.1, 0.15) is 37.6 Å². The third-order valence-electron chi connectivity index (χ3n) is 3.52. The molecule has 0 radical (unpaired) electrons. The van der Waals surface area contributed by atoms with Crippen LogP contribution in [-0.2, 0) is 11.8 Å². The van der Waals surface area contributed by atoms with Gasteiger partial charge in [0.1, 0.15) is 0 Å². The normalized spacial score (nSPS) is 27.2. The van der Waals surface area contributed by atoms with Gasteiger partial charge in [-0.15, -0.1) is 0 Å². The summed E-state index contributed by atoms with van der Waals surface area (Å²) < 4.78 is 7.37. The van der Waals surface area contributed by atoms with Gasteiger partial charge < -0.3 is 10.1 Å². The van der Waals surface area contributed by atoms with Crippen LogP contribution in [0, 0.1) is 6.92 Å². The van der Waals surface area contributed by atoms with E-state index in [-0.39, 0.29) is 5.54 Å². The predicted octanol–water partition coefficient (Wildman–Crippen LogP) is 1.56. The molecule has 1 aromatic rings. The Morgan fingerprint density at radius 1 is 1.62 bits per heavy atom. The molecule has 1 aromatic heterocycles. The molecule has 0 aliphatic carbocycles. The van der Waals surface area contributed by atoms with E-state index in [0.29, 0.717) is 6.04 Å². The Bertz CT molecular complexity index is 366. The first-order valence-corrected chi connectivity index (χ1v) is 5.86. The average Bonchev–Trinajstić information content (AvgIpc) is 2.76. The zero-order chi connectivity index (χ0) is 11.8. The molecule has 1 fully saturated rings. The van der Waals surface area contributed by atoms with Gasteiger partial charge >= 0.3 is 0 Å². The molecule has 4 nitrogen and oxygen atoms in total. The highest BCUT2D eigenvalue weighted by Crippen LogP contribution is 2.24. The molecule has 2 unspecified atom stereocenters. The fourth-order valence-corrected chi connectivity index (χ4v) is 2.32. The highest BCUT2D eigenvalue weighted by Gasteiger charge is 2.31. The highest BCUT2D eigenvalue weighted by atomic mass is 16.5. The number of aromatic nitrogens is 2. The van der Waals surface area contributed by atoms with Crippen molar-refractivity contribution in [1.29, 1.82) is 0 Å². The summed E-state index contributed by atoms with van der Waals surface area (Å²) in [6.45, 7) is 8.18. The first-order valence-electron chi connectivity index (χ1n) is 5.86. The maximum Gasteiger partial charge on any atom is 0.0646 e. The van der Waals surface area contributed by atoms with Gasteiger partial charge in [0.15, 0.2) is 0 Å². The van der Waals surface area contributed by atoms with E-state index in [2.05, 4.69) is 31.2 Å². The van der Waals surface area contributed by atoms with Crippen molar-refractivity contribution in [3.05, 3.63) is 17.5 Å². The Morgan fingerprint density at radius 3 is 2.88 bits per heavy atom. The minimum atomic E-state index is 0.113. The summed E-state index contributed by atoms with van der Waals surface area (Å²) in [6, 6.07) is 0.320. The lowest BCUT2D eigenvalue weighted by atomic mass is 9.98. The van der Waals surface area contributed by atoms with Crippen molar-refractivity contribution in [2.24, 2.45) is 7.05 Å². The molecule has 0 amide bonds. The first kappa shape index (κ1) is 11.6. The van der Waals surface area contributed by atoms with Gasteiger partial charge in [-0.05, 0) is 27.2 Å². The van der Waals surface area contributed by atoms with Crippen molar-refractivity contribution >= 4 is 0 Å². The van der Waals surface area contributed by atoms with Crippen LogP contribution in [0.5, 0.6) is 0 Å². The smallest absolute Gasteiger partial charge is 0.0646 e. The molecule has 1 aliphatic heterocycles. The second-order valence-electron chi connectivity index (χ2n) is 5.04. The maximum atomic E-state index is 5.45. The van der Waals surface area contributed by atoms with Crippen LogP contribution < -0.4 is 5.32 Å². The van der Waals surface area contributed by atoms with Crippen LogP contribution in [0.15, 0.2) is 6.20 Å². The van der Waals surface area contributed by atoms with Crippen LogP contribution in [0.25, 0.3) is 0 Å². The molecule has 0 bridgehead atoms. The maximum absolute atomic E-state index is 5.45. The zero-order valence-electron chi connectivity index (χ0n) is 10.6. The molecule has 1 N–H and O–H groups in total. The number of nitrogens with one attached hydrogen (secondary N) is 1. The average molecular weight is 223 g/mol. The number of hydrogen-bond donors (Lipinski definition) is 1. The number of aryl methyl sites for hydroxylation is 1. The molecule has 0 saturated carbocycles. The van der Waals surface area contributed by atoms with Gasteiger partial charge in [-0.3, -0.25) is 4.68 Å². The Hall–Kier alpha value is -0.870. The van der Waals surface area contributed by atoms with Crippen LogP contribution in [0.3, 0.4) is 0 Å². The van der Waals surface area contributed by atoms with Crippen molar-refractivity contribution in [1.82, 2.24) is 15.1 Å². The van der Waals surface area contributed by atoms with E-state index in [1.54, 1.807) is 0 Å². The van der Waals surface area contributed by atoms with Crippen LogP contribution >= 0.6 is 0 Å². The summed E-state index contributed by atoms with van der Waals surface area (Å²) in [5.74, 6) is 0. The monoisotopic (exact) mass is 223 g/mol. The summed E-state index contributed by atoms with van der Waals surface area (Å²) in [6.07, 6.45) is 3.03. The standard InChI is InChI=1S/C12H21N3O/c1-9(11-7-13-15(4)10(11)2)14-12(3)5-6-16-8-12/h7,9,14H,5-6,8H2,1-4H3. The van der Waals surface area contributed by atoms with Crippen molar-refractivity contribution in [2.45, 2.75) is 38.8 Å². The molecule has 2 atom stereocenters. The molecule has 90 valence electrons. The van der Waals surface area contributed by atoms with Crippen LogP contribution in [0.4, 0.5) is 0 Å². The van der Waals surface area contributed by atoms with Gasteiger partial charge in [-0.25, -0.2) is 0 Å². The third kappa shape index (κ3) is 2.13. The lowest BCUT2D eigenvalue weighted by molar-refractivity contribution is 0.167. The second-order valence-corrected chi connectivity index (χ2v) is 5.04. The Morgan fingerprint density at radius 2 is 2.38 bits per heavy atom. The minimum absolute atomic E-state index is 0.113. The fourth-order valence-electron chi connectivity index (χ4n) is 2.32. The van der Waals surface area contributed by atoms with Gasteiger partial charge in [0, 0.05) is 36.5 Å². The quantitative estimate of drug-likeness (QED) is 0.845. The Labute approximate surface area is 97.0 Å². The minimum Gasteiger partial charge on any atom is -0.379 e. The lowest BCUT2D eigenvalue weighted by Gasteiger charge is -2.28. The van der Waals surface area contributed by atoms with Gasteiger partial charge in [-0.1, -0.05) is 0 Å². The molecular weight excluding hydrogens is 202 g/mol. The first-order chi connectivity index (χ1) is 7.52. The van der Waals surface area contributed by atoms with Gasteiger partial charge in [0.2, 0.25) is 0 Å². The fraction of sp³-hybridized carbons (Fsp3) is 0.750. The highest BCUT2D eigenvalue weighted by molar-refractivity contribution is 5.20. The van der Waals surface area contributed by atoms with Crippen LogP contribution in [-0.4, -0.2) is 28.5 Å². The molecule has 2 heterocycles. The lowest BCUT2D eigenvalue weighted by Crippen LogP contribution is -2.44. The van der Waals surface area contributed by atoms with E-state index in [9.17, 15) is 0 Å². The summed E-state index contributed by atoms with van der Waals surface area (Å²) in [5, 5.41) is 7.93. The SMILES string of the molecule is Cc1c(C(C)NC2(C)CCOC2)cnn1C. The summed E-state index contributed by atoms with van der Waals surface area (Å²) in [5.41, 5.74) is 2.61. The Balaban J connectivity index is 2.08. The van der Waals surface area contributed by atoms with Crippen LogP contribution in [0.2, 0.25) is 0 Å². The number of ether oxygens (including phenoxy) is 1. The van der Waals surface area contributed by atoms with Gasteiger partial charge in [0.05, 0.1) is 12.8 Å². The number of nitrogens with zero attached hydrogens (tertiary/aromatic N) is 2. The molecule has 2 rings (SSSR count). The topological polar surface area (TPSA) is 39.1 Å². The number of hydrogen-bond acceptors (Lipinski definition) is 3. The molecule has 0 spiro atoms. The second kappa shape index (κ2) is 4.18. The summed E-state index contributed by atoms with van der Waals surface area (Å²) >= 11 is 0. The van der Waals surface area contributed by atoms with E-state index in [1.807, 2.05) is 17.9 Å². The summed E-state index contributed by atoms with van der Waals surface area (Å²) in [4.78, 5) is 0. The van der Waals surface area contributed by atoms with E-state index >= 15 is 0 Å². The molecule has 0 aromatic carbocycles. The van der Waals surface area contributed by atoms with E-state index in [4.69, 9.17) is 4.74 Å². The molecule has 1 aliphatic rings. The molecular formula is C12H21N3O. The Kier molecular flexibility index (Phi) is 3.04. The van der Waals surface area contributed by atoms with E-state index in [1.165, 1.54) is 11.3 Å². The number of rotatable bonds is 3. The summed E-state index contributed by atoms with van der Waals surface area (Å²) in [7, 11) is 1.98. The molecule has 4 heteroatoms. The van der Waals surface area contributed by atoms with Gasteiger partial charge in [-0.2, -0.15) is 5.10 Å². The van der Waals surface area contributed by atoms with Gasteiger partial charge in [0.25, 0.3) is 0 Å². The third-order valence-corrected chi connectivity index (χ3v) is 3.52. The van der Waals surface area contributed by atoms with E-state index in [0.717, 1.165) is 19.6 Å². The molecule has 16 heavy (non-hydrogen) atoms. The van der Waals surface area contributed by atoms with Crippen molar-refractivity contribution < 1.29 is 4.74 Å². The van der Waals surface area contributed by atoms with Crippen molar-refractivity contribution in [2.75, 3.05) is 13.2 Å². The van der Waals surface area contributed by atoms with Crippen molar-refractivity contribution in [3.63, 3.8) is 0 Å². The zero-order valence-corrected chi connectivity index (χ0v) is 10.6. The molecule has 1 saturated heterocycles.